The van der Waals surface area contributed by atoms with Gasteiger partial charge in [-0.1, -0.05) is 12.1 Å². The Balaban J connectivity index is 1.75. The number of H-pyrrole nitrogens is 1. The largest absolute Gasteiger partial charge is 0.417 e. The van der Waals surface area contributed by atoms with E-state index in [1.165, 1.54) is 12.4 Å². The molecule has 0 bridgehead atoms. The molecule has 0 amide bonds. The highest BCUT2D eigenvalue weighted by molar-refractivity contribution is 7.80. The minimum atomic E-state index is -4.54. The van der Waals surface area contributed by atoms with E-state index in [1.54, 1.807) is 0 Å². The molecule has 0 aliphatic rings. The van der Waals surface area contributed by atoms with E-state index in [2.05, 4.69) is 37.9 Å². The van der Waals surface area contributed by atoms with Crippen LogP contribution >= 0.6 is 12.6 Å². The smallest absolute Gasteiger partial charge is 0.348 e. The lowest BCUT2D eigenvalue weighted by Crippen LogP contribution is -2.10. The zero-order chi connectivity index (χ0) is 22.2. The van der Waals surface area contributed by atoms with Crippen LogP contribution in [0.4, 0.5) is 19.1 Å². The first-order valence-electron chi connectivity index (χ1n) is 9.13. The molecule has 156 valence electrons. The van der Waals surface area contributed by atoms with E-state index >= 15 is 0 Å². The number of pyridine rings is 1. The Morgan fingerprint density at radius 3 is 2.58 bits per heavy atom. The van der Waals surface area contributed by atoms with Crippen molar-refractivity contribution >= 4 is 29.6 Å². The number of nitriles is 1. The van der Waals surface area contributed by atoms with Gasteiger partial charge in [-0.3, -0.25) is 0 Å². The lowest BCUT2D eigenvalue weighted by Gasteiger charge is -2.15. The second-order valence-electron chi connectivity index (χ2n) is 6.85. The van der Waals surface area contributed by atoms with Crippen LogP contribution in [-0.2, 0) is 6.18 Å². The minimum Gasteiger partial charge on any atom is -0.348 e. The van der Waals surface area contributed by atoms with E-state index in [4.69, 9.17) is 0 Å². The SMILES string of the molecule is CC(Nc1ncc(C#N)c(-c2c[nH]c3ncc(C(F)(F)F)cc23)n1)c1ccc(S)cc1. The van der Waals surface area contributed by atoms with Crippen molar-refractivity contribution < 1.29 is 13.2 Å². The molecule has 3 aromatic heterocycles. The quantitative estimate of drug-likeness (QED) is 0.371. The standard InChI is InChI=1S/C21H15F3N6S/c1-11(12-2-4-15(31)5-3-12)29-20-28-8-13(7-25)18(30-20)17-10-27-19-16(17)6-14(9-26-19)21(22,23)24/h2-6,8-11,31H,1H3,(H,26,27)(H,28,29,30). The van der Waals surface area contributed by atoms with Gasteiger partial charge in [0.25, 0.3) is 0 Å². The molecule has 0 aliphatic carbocycles. The molecule has 31 heavy (non-hydrogen) atoms. The molecule has 6 nitrogen and oxygen atoms in total. The summed E-state index contributed by atoms with van der Waals surface area (Å²) in [5.74, 6) is 0.241. The molecule has 2 N–H and O–H groups in total. The molecule has 1 unspecified atom stereocenters. The van der Waals surface area contributed by atoms with Crippen LogP contribution in [-0.4, -0.2) is 19.9 Å². The summed E-state index contributed by atoms with van der Waals surface area (Å²) >= 11 is 4.27. The van der Waals surface area contributed by atoms with Gasteiger partial charge < -0.3 is 10.3 Å². The van der Waals surface area contributed by atoms with Gasteiger partial charge in [-0.05, 0) is 30.7 Å². The number of aromatic amines is 1. The lowest BCUT2D eigenvalue weighted by molar-refractivity contribution is -0.137. The highest BCUT2D eigenvalue weighted by atomic mass is 32.1. The summed E-state index contributed by atoms with van der Waals surface area (Å²) < 4.78 is 39.5. The predicted octanol–water partition coefficient (Wildman–Crippen LogP) is 5.37. The maximum Gasteiger partial charge on any atom is 0.417 e. The normalized spacial score (nSPS) is 12.5. The van der Waals surface area contributed by atoms with Crippen LogP contribution in [0.5, 0.6) is 0 Å². The van der Waals surface area contributed by atoms with Gasteiger partial charge in [0.2, 0.25) is 5.95 Å². The van der Waals surface area contributed by atoms with Crippen molar-refractivity contribution in [3.8, 4) is 17.3 Å². The van der Waals surface area contributed by atoms with Crippen molar-refractivity contribution in [1.29, 1.82) is 5.26 Å². The highest BCUT2D eigenvalue weighted by Gasteiger charge is 2.31. The number of anilines is 1. The van der Waals surface area contributed by atoms with Gasteiger partial charge in [-0.2, -0.15) is 18.4 Å². The number of aromatic nitrogens is 4. The van der Waals surface area contributed by atoms with Crippen LogP contribution in [0.15, 0.2) is 53.8 Å². The van der Waals surface area contributed by atoms with Crippen LogP contribution in [0.2, 0.25) is 0 Å². The van der Waals surface area contributed by atoms with E-state index in [9.17, 15) is 18.4 Å². The van der Waals surface area contributed by atoms with Gasteiger partial charge in [0.05, 0.1) is 29.1 Å². The Hall–Kier alpha value is -3.58. The predicted molar refractivity (Wildman–Crippen MR) is 113 cm³/mol. The topological polar surface area (TPSA) is 90.3 Å². The maximum atomic E-state index is 13.2. The molecule has 4 rings (SSSR count). The van der Waals surface area contributed by atoms with Crippen LogP contribution < -0.4 is 5.32 Å². The molecular weight excluding hydrogens is 425 g/mol. The molecule has 10 heteroatoms. The summed E-state index contributed by atoms with van der Waals surface area (Å²) in [7, 11) is 0. The third kappa shape index (κ3) is 4.18. The first-order valence-corrected chi connectivity index (χ1v) is 9.58. The molecule has 0 saturated heterocycles. The molecule has 4 aromatic rings. The van der Waals surface area contributed by atoms with E-state index < -0.39 is 11.7 Å². The summed E-state index contributed by atoms with van der Waals surface area (Å²) in [4.78, 5) is 16.1. The number of halogens is 3. The molecule has 0 aliphatic heterocycles. The van der Waals surface area contributed by atoms with Gasteiger partial charge in [-0.15, -0.1) is 12.6 Å². The fourth-order valence-corrected chi connectivity index (χ4v) is 3.28. The first kappa shape index (κ1) is 20.7. The number of hydrogen-bond donors (Lipinski definition) is 3. The summed E-state index contributed by atoms with van der Waals surface area (Å²) in [6.07, 6.45) is -0.948. The van der Waals surface area contributed by atoms with Crippen LogP contribution in [0, 0.1) is 11.3 Å². The number of hydrogen-bond acceptors (Lipinski definition) is 6. The fraction of sp³-hybridized carbons (Fsp3) is 0.143. The van der Waals surface area contributed by atoms with Crippen LogP contribution in [0.3, 0.4) is 0 Å². The Bertz CT molecular complexity index is 1290. The van der Waals surface area contributed by atoms with Crippen molar-refractivity contribution in [3.63, 3.8) is 0 Å². The zero-order valence-corrected chi connectivity index (χ0v) is 17.0. The molecule has 0 saturated carbocycles. The van der Waals surface area contributed by atoms with Crippen molar-refractivity contribution in [1.82, 2.24) is 19.9 Å². The van der Waals surface area contributed by atoms with E-state index in [0.29, 0.717) is 5.56 Å². The molecular formula is C21H15F3N6S. The number of fused-ring (bicyclic) bond motifs is 1. The Kier molecular flexibility index (Phi) is 5.29. The zero-order valence-electron chi connectivity index (χ0n) is 16.1. The van der Waals surface area contributed by atoms with Gasteiger partial charge in [0, 0.05) is 28.2 Å². The monoisotopic (exact) mass is 440 g/mol. The number of rotatable bonds is 4. The Morgan fingerprint density at radius 2 is 1.90 bits per heavy atom. The van der Waals surface area contributed by atoms with Crippen molar-refractivity contribution in [2.24, 2.45) is 0 Å². The van der Waals surface area contributed by atoms with Crippen molar-refractivity contribution in [3.05, 3.63) is 65.6 Å². The first-order chi connectivity index (χ1) is 14.8. The lowest BCUT2D eigenvalue weighted by atomic mass is 10.1. The van der Waals surface area contributed by atoms with Gasteiger partial charge >= 0.3 is 6.18 Å². The molecule has 1 aromatic carbocycles. The second kappa shape index (κ2) is 7.92. The fourth-order valence-electron chi connectivity index (χ4n) is 3.13. The molecule has 0 radical (unpaired) electrons. The Morgan fingerprint density at radius 1 is 1.16 bits per heavy atom. The van der Waals surface area contributed by atoms with Gasteiger partial charge in [-0.25, -0.2) is 15.0 Å². The van der Waals surface area contributed by atoms with E-state index in [0.717, 1.165) is 22.7 Å². The number of benzene rings is 1. The summed E-state index contributed by atoms with van der Waals surface area (Å²) in [5.41, 5.74) is 1.04. The number of alkyl halides is 3. The summed E-state index contributed by atoms with van der Waals surface area (Å²) in [5, 5.41) is 12.9. The number of nitrogens with zero attached hydrogens (tertiary/aromatic N) is 4. The molecule has 3 heterocycles. The van der Waals surface area contributed by atoms with E-state index in [-0.39, 0.29) is 34.3 Å². The molecule has 0 spiro atoms. The van der Waals surface area contributed by atoms with Gasteiger partial charge in [0.15, 0.2) is 0 Å². The summed E-state index contributed by atoms with van der Waals surface area (Å²) in [6.45, 7) is 1.92. The third-order valence-corrected chi connectivity index (χ3v) is 5.06. The van der Waals surface area contributed by atoms with E-state index in [1.807, 2.05) is 37.3 Å². The average molecular weight is 440 g/mol. The van der Waals surface area contributed by atoms with Crippen LogP contribution in [0.1, 0.15) is 29.7 Å². The maximum absolute atomic E-state index is 13.2. The van der Waals surface area contributed by atoms with Gasteiger partial charge in [0.1, 0.15) is 11.7 Å². The van der Waals surface area contributed by atoms with Crippen molar-refractivity contribution in [2.75, 3.05) is 5.32 Å². The van der Waals surface area contributed by atoms with Crippen LogP contribution in [0.25, 0.3) is 22.3 Å². The number of thiol groups is 1. The minimum absolute atomic E-state index is 0.135. The average Bonchev–Trinajstić information content (AvgIpc) is 3.16. The molecule has 1 atom stereocenters. The summed E-state index contributed by atoms with van der Waals surface area (Å²) in [6, 6.07) is 10.4. The number of nitrogens with one attached hydrogen (secondary N) is 2. The third-order valence-electron chi connectivity index (χ3n) is 4.76. The second-order valence-corrected chi connectivity index (χ2v) is 7.36. The van der Waals surface area contributed by atoms with Crippen molar-refractivity contribution in [2.45, 2.75) is 24.0 Å². The highest BCUT2D eigenvalue weighted by Crippen LogP contribution is 2.35. The molecule has 0 fully saturated rings. The Labute approximate surface area is 180 Å².